The first kappa shape index (κ1) is 13.3. The summed E-state index contributed by atoms with van der Waals surface area (Å²) < 4.78 is 2.84. The van der Waals surface area contributed by atoms with Gasteiger partial charge >= 0.3 is 0 Å². The first-order chi connectivity index (χ1) is 7.97. The van der Waals surface area contributed by atoms with Crippen molar-refractivity contribution in [2.45, 2.75) is 12.3 Å². The Kier molecular flexibility index (Phi) is 4.07. The molecule has 1 heterocycles. The van der Waals surface area contributed by atoms with Gasteiger partial charge in [-0.2, -0.15) is 0 Å². The number of nitrogens with zero attached hydrogens (tertiary/aromatic N) is 1. The van der Waals surface area contributed by atoms with Crippen LogP contribution in [0.5, 0.6) is 0 Å². The predicted molar refractivity (Wildman–Crippen MR) is 79.0 cm³/mol. The van der Waals surface area contributed by atoms with E-state index in [0.717, 1.165) is 19.2 Å². The third-order valence-corrected chi connectivity index (χ3v) is 4.18. The summed E-state index contributed by atoms with van der Waals surface area (Å²) in [7, 11) is 0. The number of halogens is 3. The van der Waals surface area contributed by atoms with E-state index in [-0.39, 0.29) is 5.91 Å². The highest BCUT2D eigenvalue weighted by Crippen LogP contribution is 2.34. The van der Waals surface area contributed by atoms with Gasteiger partial charge in [-0.05, 0) is 35.0 Å². The summed E-state index contributed by atoms with van der Waals surface area (Å²) in [6.07, 6.45) is 0. The molecule has 7 heteroatoms. The number of hydrogen-bond donors (Lipinski definition) is 1. The minimum absolute atomic E-state index is 0.249. The molecule has 0 bridgehead atoms. The fraction of sp³-hybridized carbons (Fsp3) is 0.200. The van der Waals surface area contributed by atoms with E-state index in [0.29, 0.717) is 5.13 Å². The Balaban J connectivity index is 2.38. The molecule has 0 radical (unpaired) electrons. The number of anilines is 1. The number of aromatic nitrogens is 1. The lowest BCUT2D eigenvalue weighted by molar-refractivity contribution is -0.115. The van der Waals surface area contributed by atoms with Gasteiger partial charge in [-0.1, -0.05) is 27.3 Å². The maximum Gasteiger partial charge on any atom is 0.243 e. The first-order valence-corrected chi connectivity index (χ1v) is 7.52. The van der Waals surface area contributed by atoms with Gasteiger partial charge in [0.15, 0.2) is 5.13 Å². The van der Waals surface area contributed by atoms with Crippen LogP contribution in [0.4, 0.5) is 5.13 Å². The molecule has 1 aromatic carbocycles. The number of fused-ring (bicyclic) bond motifs is 1. The fourth-order valence-corrected chi connectivity index (χ4v) is 3.80. The van der Waals surface area contributed by atoms with Gasteiger partial charge in [-0.25, -0.2) is 4.98 Å². The quantitative estimate of drug-likeness (QED) is 0.763. The van der Waals surface area contributed by atoms with Crippen molar-refractivity contribution in [3.05, 3.63) is 21.1 Å². The van der Waals surface area contributed by atoms with E-state index >= 15 is 0 Å². The lowest BCUT2D eigenvalue weighted by atomic mass is 10.3. The van der Waals surface area contributed by atoms with Crippen molar-refractivity contribution >= 4 is 76.1 Å². The number of carbonyl (C=O) groups is 1. The predicted octanol–water partition coefficient (Wildman–Crippen LogP) is 4.39. The number of benzene rings is 1. The number of alkyl halides is 1. The molecular formula is C10H7Br2ClN2OS. The van der Waals surface area contributed by atoms with Crippen molar-refractivity contribution in [2.24, 2.45) is 0 Å². The van der Waals surface area contributed by atoms with E-state index in [9.17, 15) is 4.79 Å². The van der Waals surface area contributed by atoms with Crippen LogP contribution >= 0.6 is 54.8 Å². The maximum absolute atomic E-state index is 11.4. The molecule has 1 aromatic heterocycles. The van der Waals surface area contributed by atoms with Crippen molar-refractivity contribution in [3.8, 4) is 0 Å². The number of nitrogens with one attached hydrogen (secondary N) is 1. The van der Waals surface area contributed by atoms with E-state index < -0.39 is 5.38 Å². The van der Waals surface area contributed by atoms with Crippen molar-refractivity contribution in [1.29, 1.82) is 0 Å². The van der Waals surface area contributed by atoms with Crippen LogP contribution in [-0.4, -0.2) is 16.3 Å². The van der Waals surface area contributed by atoms with Crippen LogP contribution in [0.3, 0.4) is 0 Å². The molecule has 17 heavy (non-hydrogen) atoms. The number of hydrogen-bond acceptors (Lipinski definition) is 3. The first-order valence-electron chi connectivity index (χ1n) is 4.68. The average molecular weight is 399 g/mol. The molecule has 0 fully saturated rings. The number of rotatable bonds is 2. The molecule has 0 unspecified atom stereocenters. The third-order valence-electron chi connectivity index (χ3n) is 2.00. The second-order valence-electron chi connectivity index (χ2n) is 3.36. The summed E-state index contributed by atoms with van der Waals surface area (Å²) in [6.45, 7) is 1.62. The summed E-state index contributed by atoms with van der Waals surface area (Å²) in [5.74, 6) is -0.249. The second kappa shape index (κ2) is 5.22. The van der Waals surface area contributed by atoms with Gasteiger partial charge in [-0.15, -0.1) is 11.6 Å². The Morgan fingerprint density at radius 1 is 1.53 bits per heavy atom. The maximum atomic E-state index is 11.4. The van der Waals surface area contributed by atoms with Crippen LogP contribution in [0.25, 0.3) is 10.2 Å². The average Bonchev–Trinajstić information content (AvgIpc) is 2.60. The molecule has 0 saturated heterocycles. The van der Waals surface area contributed by atoms with Gasteiger partial charge in [-0.3, -0.25) is 4.79 Å². The summed E-state index contributed by atoms with van der Waals surface area (Å²) in [4.78, 5) is 15.8. The molecule has 0 aliphatic heterocycles. The molecule has 3 nitrogen and oxygen atoms in total. The highest BCUT2D eigenvalue weighted by molar-refractivity contribution is 9.11. The summed E-state index contributed by atoms with van der Waals surface area (Å²) in [5, 5.41) is 2.66. The standard InChI is InChI=1S/C10H7Br2ClN2OS/c1-4(13)9(16)15-10-14-8-6(12)2-5(11)3-7(8)17-10/h2-4H,1H3,(H,14,15,16)/t4-/m0/s1. The van der Waals surface area contributed by atoms with Gasteiger partial charge in [0.05, 0.1) is 10.2 Å². The largest absolute Gasteiger partial charge is 0.301 e. The number of carbonyl (C=O) groups excluding carboxylic acids is 1. The topological polar surface area (TPSA) is 42.0 Å². The van der Waals surface area contributed by atoms with Crippen LogP contribution in [0.15, 0.2) is 21.1 Å². The second-order valence-corrected chi connectivity index (χ2v) is 6.81. The number of thiazole rings is 1. The summed E-state index contributed by atoms with van der Waals surface area (Å²) in [6, 6.07) is 3.87. The Morgan fingerprint density at radius 3 is 2.88 bits per heavy atom. The van der Waals surface area contributed by atoms with Crippen LogP contribution in [0, 0.1) is 0 Å². The molecule has 1 N–H and O–H groups in total. The Labute approximate surface area is 124 Å². The molecule has 0 aliphatic carbocycles. The molecule has 0 saturated carbocycles. The van der Waals surface area contributed by atoms with Crippen LogP contribution in [-0.2, 0) is 4.79 Å². The van der Waals surface area contributed by atoms with Gasteiger partial charge in [0.1, 0.15) is 5.38 Å². The minimum atomic E-state index is -0.572. The smallest absolute Gasteiger partial charge is 0.243 e. The van der Waals surface area contributed by atoms with Crippen LogP contribution in [0.2, 0.25) is 0 Å². The zero-order chi connectivity index (χ0) is 12.6. The van der Waals surface area contributed by atoms with E-state index in [1.807, 2.05) is 12.1 Å². The lowest BCUT2D eigenvalue weighted by Crippen LogP contribution is -2.19. The van der Waals surface area contributed by atoms with E-state index in [4.69, 9.17) is 11.6 Å². The zero-order valence-electron chi connectivity index (χ0n) is 8.63. The summed E-state index contributed by atoms with van der Waals surface area (Å²) in [5.41, 5.74) is 0.829. The molecule has 1 atom stereocenters. The molecule has 90 valence electrons. The highest BCUT2D eigenvalue weighted by atomic mass is 79.9. The lowest BCUT2D eigenvalue weighted by Gasteiger charge is -2.01. The van der Waals surface area contributed by atoms with Crippen molar-refractivity contribution in [2.75, 3.05) is 5.32 Å². The highest BCUT2D eigenvalue weighted by Gasteiger charge is 2.13. The van der Waals surface area contributed by atoms with Gasteiger partial charge in [0.2, 0.25) is 5.91 Å². The third kappa shape index (κ3) is 2.99. The van der Waals surface area contributed by atoms with Crippen LogP contribution in [0.1, 0.15) is 6.92 Å². The van der Waals surface area contributed by atoms with Crippen molar-refractivity contribution < 1.29 is 4.79 Å². The molecule has 0 spiro atoms. The molecule has 2 aromatic rings. The Morgan fingerprint density at radius 2 is 2.24 bits per heavy atom. The monoisotopic (exact) mass is 396 g/mol. The van der Waals surface area contributed by atoms with E-state index in [2.05, 4.69) is 42.2 Å². The molecule has 1 amide bonds. The zero-order valence-corrected chi connectivity index (χ0v) is 13.4. The number of amides is 1. The van der Waals surface area contributed by atoms with E-state index in [1.54, 1.807) is 6.92 Å². The van der Waals surface area contributed by atoms with Crippen molar-refractivity contribution in [3.63, 3.8) is 0 Å². The molecule has 0 aliphatic rings. The minimum Gasteiger partial charge on any atom is -0.301 e. The normalized spacial score (nSPS) is 12.7. The SMILES string of the molecule is C[C@H](Cl)C(=O)Nc1nc2c(Br)cc(Br)cc2s1. The molecular weight excluding hydrogens is 391 g/mol. The Hall–Kier alpha value is -0.170. The van der Waals surface area contributed by atoms with Crippen LogP contribution < -0.4 is 5.32 Å². The van der Waals surface area contributed by atoms with Gasteiger partial charge in [0.25, 0.3) is 0 Å². The van der Waals surface area contributed by atoms with E-state index in [1.165, 1.54) is 11.3 Å². The Bertz CT molecular complexity index is 585. The van der Waals surface area contributed by atoms with Crippen molar-refractivity contribution in [1.82, 2.24) is 4.98 Å². The molecule has 2 rings (SSSR count). The van der Waals surface area contributed by atoms with Gasteiger partial charge < -0.3 is 5.32 Å². The fourth-order valence-electron chi connectivity index (χ4n) is 1.22. The van der Waals surface area contributed by atoms with Gasteiger partial charge in [0, 0.05) is 8.95 Å². The summed E-state index contributed by atoms with van der Waals surface area (Å²) >= 11 is 13.9.